The highest BCUT2D eigenvalue weighted by atomic mass is 32.2. The second kappa shape index (κ2) is 8.39. The Hall–Kier alpha value is -0.790. The number of amides is 1. The maximum atomic E-state index is 12.1. The van der Waals surface area contributed by atoms with Crippen molar-refractivity contribution < 1.29 is 14.3 Å². The molecular weight excluding hydrogens is 266 g/mol. The summed E-state index contributed by atoms with van der Waals surface area (Å²) in [6.45, 7) is 2.93. The predicted molar refractivity (Wildman–Crippen MR) is 76.0 cm³/mol. The van der Waals surface area contributed by atoms with E-state index in [0.29, 0.717) is 32.6 Å². The van der Waals surface area contributed by atoms with Crippen molar-refractivity contribution in [2.45, 2.75) is 12.5 Å². The van der Waals surface area contributed by atoms with Crippen molar-refractivity contribution in [3.63, 3.8) is 0 Å². The number of hydrogen-bond donors (Lipinski definition) is 1. The normalized spacial score (nSPS) is 18.2. The minimum Gasteiger partial charge on any atom is -0.468 e. The van der Waals surface area contributed by atoms with Gasteiger partial charge in [0.25, 0.3) is 0 Å². The third kappa shape index (κ3) is 5.38. The van der Waals surface area contributed by atoms with E-state index in [1.54, 1.807) is 16.7 Å². The average Bonchev–Trinajstić information content (AvgIpc) is 2.44. The first-order chi connectivity index (χ1) is 9.08. The summed E-state index contributed by atoms with van der Waals surface area (Å²) in [4.78, 5) is 27.0. The highest BCUT2D eigenvalue weighted by Crippen LogP contribution is 2.06. The molecule has 7 heteroatoms. The van der Waals surface area contributed by atoms with Gasteiger partial charge < -0.3 is 15.4 Å². The minimum atomic E-state index is -0.403. The van der Waals surface area contributed by atoms with E-state index in [9.17, 15) is 9.59 Å². The van der Waals surface area contributed by atoms with E-state index in [4.69, 9.17) is 5.73 Å². The topological polar surface area (TPSA) is 75.9 Å². The summed E-state index contributed by atoms with van der Waals surface area (Å²) in [5.74, 6) is 0.679. The van der Waals surface area contributed by atoms with Gasteiger partial charge in [0.2, 0.25) is 5.91 Å². The van der Waals surface area contributed by atoms with Gasteiger partial charge >= 0.3 is 5.97 Å². The summed E-state index contributed by atoms with van der Waals surface area (Å²) in [6, 6.07) is -0.403. The zero-order chi connectivity index (χ0) is 14.3. The molecule has 1 aliphatic rings. The average molecular weight is 289 g/mol. The molecule has 1 saturated heterocycles. The monoisotopic (exact) mass is 289 g/mol. The minimum absolute atomic E-state index is 0.0202. The number of thioether (sulfide) groups is 1. The number of piperazine rings is 1. The fraction of sp³-hybridized carbons (Fsp3) is 0.833. The van der Waals surface area contributed by atoms with Gasteiger partial charge in [0.05, 0.1) is 19.7 Å². The molecule has 0 radical (unpaired) electrons. The van der Waals surface area contributed by atoms with Gasteiger partial charge in [0, 0.05) is 26.2 Å². The van der Waals surface area contributed by atoms with Crippen LogP contribution in [0.4, 0.5) is 0 Å². The van der Waals surface area contributed by atoms with Gasteiger partial charge in [0.1, 0.15) is 0 Å². The number of carbonyl (C=O) groups is 2. The van der Waals surface area contributed by atoms with Crippen LogP contribution in [-0.4, -0.2) is 79.6 Å². The Labute approximate surface area is 118 Å². The molecule has 0 aromatic rings. The van der Waals surface area contributed by atoms with Crippen LogP contribution in [0.3, 0.4) is 0 Å². The predicted octanol–water partition coefficient (Wildman–Crippen LogP) is -0.616. The van der Waals surface area contributed by atoms with Crippen LogP contribution < -0.4 is 5.73 Å². The number of nitrogens with two attached hydrogens (primary N) is 1. The molecule has 0 saturated carbocycles. The molecule has 1 rings (SSSR count). The molecule has 0 aromatic heterocycles. The van der Waals surface area contributed by atoms with Crippen molar-refractivity contribution in [2.24, 2.45) is 5.73 Å². The highest BCUT2D eigenvalue weighted by Gasteiger charge is 2.25. The van der Waals surface area contributed by atoms with Crippen LogP contribution in [0.25, 0.3) is 0 Å². The van der Waals surface area contributed by atoms with Crippen molar-refractivity contribution in [1.82, 2.24) is 9.80 Å². The summed E-state index contributed by atoms with van der Waals surface area (Å²) in [7, 11) is 1.38. The number of rotatable bonds is 6. The quantitative estimate of drug-likeness (QED) is 0.657. The zero-order valence-corrected chi connectivity index (χ0v) is 12.4. The molecule has 0 bridgehead atoms. The largest absolute Gasteiger partial charge is 0.468 e. The fourth-order valence-corrected chi connectivity index (χ4v) is 2.47. The first kappa shape index (κ1) is 16.3. The first-order valence-corrected chi connectivity index (χ1v) is 7.80. The van der Waals surface area contributed by atoms with Crippen LogP contribution in [0.5, 0.6) is 0 Å². The van der Waals surface area contributed by atoms with Gasteiger partial charge in [-0.1, -0.05) is 0 Å². The Morgan fingerprint density at radius 3 is 2.47 bits per heavy atom. The lowest BCUT2D eigenvalue weighted by Gasteiger charge is -2.35. The lowest BCUT2D eigenvalue weighted by molar-refractivity contribution is -0.142. The second-order valence-corrected chi connectivity index (χ2v) is 5.55. The highest BCUT2D eigenvalue weighted by molar-refractivity contribution is 7.98. The van der Waals surface area contributed by atoms with Crippen LogP contribution in [0.2, 0.25) is 0 Å². The molecule has 1 amide bonds. The van der Waals surface area contributed by atoms with E-state index in [1.165, 1.54) is 7.11 Å². The Morgan fingerprint density at radius 1 is 1.32 bits per heavy atom. The first-order valence-electron chi connectivity index (χ1n) is 6.41. The van der Waals surface area contributed by atoms with Crippen LogP contribution in [-0.2, 0) is 14.3 Å². The molecular formula is C12H23N3O3S. The number of nitrogens with zero attached hydrogens (tertiary/aromatic N) is 2. The molecule has 0 aromatic carbocycles. The van der Waals surface area contributed by atoms with E-state index in [1.807, 2.05) is 11.2 Å². The fourth-order valence-electron chi connectivity index (χ4n) is 1.98. The van der Waals surface area contributed by atoms with Crippen molar-refractivity contribution in [3.8, 4) is 0 Å². The van der Waals surface area contributed by atoms with E-state index in [2.05, 4.69) is 4.74 Å². The summed E-state index contributed by atoms with van der Waals surface area (Å²) in [6.07, 6.45) is 2.71. The maximum Gasteiger partial charge on any atom is 0.319 e. The smallest absolute Gasteiger partial charge is 0.319 e. The molecule has 1 aliphatic heterocycles. The van der Waals surface area contributed by atoms with E-state index < -0.39 is 6.04 Å². The molecule has 6 nitrogen and oxygen atoms in total. The number of methoxy groups -OCH3 is 1. The van der Waals surface area contributed by atoms with E-state index >= 15 is 0 Å². The van der Waals surface area contributed by atoms with Gasteiger partial charge in [-0.2, -0.15) is 11.8 Å². The molecule has 1 atom stereocenters. The lowest BCUT2D eigenvalue weighted by Crippen LogP contribution is -2.54. The molecule has 1 fully saturated rings. The zero-order valence-electron chi connectivity index (χ0n) is 11.6. The third-order valence-electron chi connectivity index (χ3n) is 3.21. The van der Waals surface area contributed by atoms with Gasteiger partial charge in [0.15, 0.2) is 0 Å². The van der Waals surface area contributed by atoms with Gasteiger partial charge in [-0.15, -0.1) is 0 Å². The summed E-state index contributed by atoms with van der Waals surface area (Å²) >= 11 is 1.69. The Kier molecular flexibility index (Phi) is 7.19. The standard InChI is InChI=1S/C12H23N3O3S/c1-18-11(16)9-14-4-6-15(7-5-14)12(17)10(13)3-8-19-2/h10H,3-9,13H2,1-2H3/t10-/m0/s1. The van der Waals surface area contributed by atoms with Crippen molar-refractivity contribution >= 4 is 23.6 Å². The van der Waals surface area contributed by atoms with E-state index in [-0.39, 0.29) is 18.4 Å². The van der Waals surface area contributed by atoms with Gasteiger partial charge in [-0.05, 0) is 18.4 Å². The third-order valence-corrected chi connectivity index (χ3v) is 3.86. The van der Waals surface area contributed by atoms with E-state index in [0.717, 1.165) is 5.75 Å². The molecule has 110 valence electrons. The van der Waals surface area contributed by atoms with Crippen LogP contribution in [0.1, 0.15) is 6.42 Å². The molecule has 19 heavy (non-hydrogen) atoms. The van der Waals surface area contributed by atoms with Crippen LogP contribution in [0, 0.1) is 0 Å². The Morgan fingerprint density at radius 2 is 1.95 bits per heavy atom. The SMILES string of the molecule is COC(=O)CN1CCN(C(=O)[C@@H](N)CCSC)CC1. The summed E-state index contributed by atoms with van der Waals surface area (Å²) < 4.78 is 4.63. The Balaban J connectivity index is 2.32. The van der Waals surface area contributed by atoms with Crippen molar-refractivity contribution in [2.75, 3.05) is 51.8 Å². The summed E-state index contributed by atoms with van der Waals surface area (Å²) in [5.41, 5.74) is 5.88. The summed E-state index contributed by atoms with van der Waals surface area (Å²) in [5, 5.41) is 0. The molecule has 1 heterocycles. The number of ether oxygens (including phenoxy) is 1. The van der Waals surface area contributed by atoms with Gasteiger partial charge in [-0.3, -0.25) is 14.5 Å². The van der Waals surface area contributed by atoms with Crippen molar-refractivity contribution in [3.05, 3.63) is 0 Å². The van der Waals surface area contributed by atoms with Crippen molar-refractivity contribution in [1.29, 1.82) is 0 Å². The lowest BCUT2D eigenvalue weighted by atomic mass is 10.2. The molecule has 0 unspecified atom stereocenters. The molecule has 0 aliphatic carbocycles. The maximum absolute atomic E-state index is 12.1. The molecule has 2 N–H and O–H groups in total. The van der Waals surface area contributed by atoms with Crippen LogP contribution >= 0.6 is 11.8 Å². The number of carbonyl (C=O) groups excluding carboxylic acids is 2. The van der Waals surface area contributed by atoms with Gasteiger partial charge in [-0.25, -0.2) is 0 Å². The molecule has 0 spiro atoms. The van der Waals surface area contributed by atoms with Crippen LogP contribution in [0.15, 0.2) is 0 Å². The number of esters is 1. The Bertz CT molecular complexity index is 307. The second-order valence-electron chi connectivity index (χ2n) is 4.57. The number of hydrogen-bond acceptors (Lipinski definition) is 6.